The Labute approximate surface area is 111 Å². The summed E-state index contributed by atoms with van der Waals surface area (Å²) in [6.07, 6.45) is 3.75. The summed E-state index contributed by atoms with van der Waals surface area (Å²) in [5.74, 6) is 1.22. The van der Waals surface area contributed by atoms with Crippen molar-refractivity contribution in [1.29, 1.82) is 0 Å². The quantitative estimate of drug-likeness (QED) is 0.923. The molecule has 4 nitrogen and oxygen atoms in total. The van der Waals surface area contributed by atoms with Gasteiger partial charge in [0.05, 0.1) is 18.5 Å². The van der Waals surface area contributed by atoms with Crippen LogP contribution in [0.2, 0.25) is 5.02 Å². The van der Waals surface area contributed by atoms with Crippen LogP contribution in [0.4, 0.5) is 0 Å². The van der Waals surface area contributed by atoms with Gasteiger partial charge in [0.25, 0.3) is 0 Å². The zero-order valence-corrected chi connectivity index (χ0v) is 10.8. The van der Waals surface area contributed by atoms with E-state index in [9.17, 15) is 0 Å². The average Bonchev–Trinajstić information content (AvgIpc) is 2.75. The van der Waals surface area contributed by atoms with Crippen LogP contribution in [0.5, 0.6) is 5.75 Å². The fraction of sp³-hybridized carbons (Fsp3) is 0.308. The summed E-state index contributed by atoms with van der Waals surface area (Å²) in [5, 5.41) is 3.88. The summed E-state index contributed by atoms with van der Waals surface area (Å²) >= 11 is 6.16. The Bertz CT molecular complexity index is 563. The first-order valence-electron chi connectivity index (χ1n) is 5.86. The fourth-order valence-corrected chi connectivity index (χ4v) is 2.38. The van der Waals surface area contributed by atoms with Gasteiger partial charge in [0, 0.05) is 36.6 Å². The third-order valence-corrected chi connectivity index (χ3v) is 3.58. The molecule has 1 saturated heterocycles. The average molecular weight is 264 g/mol. The molecule has 18 heavy (non-hydrogen) atoms. The molecule has 1 aromatic heterocycles. The second kappa shape index (κ2) is 4.63. The Morgan fingerprint density at radius 3 is 2.89 bits per heavy atom. The summed E-state index contributed by atoms with van der Waals surface area (Å²) in [6.45, 7) is 2.02. The molecule has 0 amide bonds. The highest BCUT2D eigenvalue weighted by Crippen LogP contribution is 2.29. The lowest BCUT2D eigenvalue weighted by molar-refractivity contribution is 0.415. The molecule has 0 atom stereocenters. The molecule has 2 heterocycles. The number of rotatable bonds is 3. The molecule has 1 fully saturated rings. The smallest absolute Gasteiger partial charge is 0.137 e. The van der Waals surface area contributed by atoms with E-state index in [1.807, 2.05) is 30.7 Å². The van der Waals surface area contributed by atoms with Gasteiger partial charge in [-0.1, -0.05) is 11.6 Å². The molecule has 94 valence electrons. The van der Waals surface area contributed by atoms with E-state index in [0.717, 1.165) is 18.8 Å². The summed E-state index contributed by atoms with van der Waals surface area (Å²) in [5.41, 5.74) is 2.23. The highest BCUT2D eigenvalue weighted by Gasteiger charge is 2.22. The Balaban J connectivity index is 1.99. The van der Waals surface area contributed by atoms with Crippen LogP contribution in [0, 0.1) is 0 Å². The van der Waals surface area contributed by atoms with Crippen LogP contribution in [-0.2, 0) is 0 Å². The van der Waals surface area contributed by atoms with Gasteiger partial charge in [0.15, 0.2) is 0 Å². The molecule has 1 aromatic carbocycles. The van der Waals surface area contributed by atoms with Gasteiger partial charge in [-0.25, -0.2) is 4.98 Å². The van der Waals surface area contributed by atoms with Gasteiger partial charge in [0.1, 0.15) is 5.75 Å². The van der Waals surface area contributed by atoms with Gasteiger partial charge >= 0.3 is 0 Å². The van der Waals surface area contributed by atoms with Gasteiger partial charge < -0.3 is 14.6 Å². The van der Waals surface area contributed by atoms with E-state index in [2.05, 4.69) is 14.9 Å². The molecule has 2 aromatic rings. The van der Waals surface area contributed by atoms with Crippen molar-refractivity contribution in [2.24, 2.45) is 0 Å². The predicted molar refractivity (Wildman–Crippen MR) is 70.7 cm³/mol. The van der Waals surface area contributed by atoms with Crippen LogP contribution < -0.4 is 10.1 Å². The molecule has 3 rings (SSSR count). The van der Waals surface area contributed by atoms with Crippen molar-refractivity contribution in [3.63, 3.8) is 0 Å². The van der Waals surface area contributed by atoms with Crippen molar-refractivity contribution in [3.8, 4) is 11.4 Å². The first-order chi connectivity index (χ1) is 8.79. The molecule has 1 aliphatic heterocycles. The number of halogens is 1. The van der Waals surface area contributed by atoms with Crippen LogP contribution in [0.1, 0.15) is 11.6 Å². The van der Waals surface area contributed by atoms with E-state index in [0.29, 0.717) is 16.7 Å². The van der Waals surface area contributed by atoms with Gasteiger partial charge in [-0.2, -0.15) is 0 Å². The van der Waals surface area contributed by atoms with Gasteiger partial charge in [-0.05, 0) is 18.2 Å². The molecule has 0 spiro atoms. The maximum Gasteiger partial charge on any atom is 0.137 e. The maximum atomic E-state index is 6.16. The molecule has 0 saturated carbocycles. The third kappa shape index (κ3) is 1.87. The number of hydrogen-bond donors (Lipinski definition) is 1. The third-order valence-electron chi connectivity index (χ3n) is 3.28. The van der Waals surface area contributed by atoms with Crippen LogP contribution >= 0.6 is 11.6 Å². The summed E-state index contributed by atoms with van der Waals surface area (Å²) in [6, 6.07) is 5.76. The highest BCUT2D eigenvalue weighted by atomic mass is 35.5. The molecular weight excluding hydrogens is 250 g/mol. The van der Waals surface area contributed by atoms with Crippen LogP contribution in [0.3, 0.4) is 0 Å². The predicted octanol–water partition coefficient (Wildman–Crippen LogP) is 2.22. The maximum absolute atomic E-state index is 6.16. The highest BCUT2D eigenvalue weighted by molar-refractivity contribution is 6.32. The number of methoxy groups -OCH3 is 1. The molecule has 0 radical (unpaired) electrons. The number of aromatic nitrogens is 2. The minimum atomic E-state index is 0.536. The molecule has 1 aliphatic rings. The number of ether oxygens (including phenoxy) is 1. The zero-order valence-electron chi connectivity index (χ0n) is 10.1. The molecule has 0 unspecified atom stereocenters. The first-order valence-corrected chi connectivity index (χ1v) is 6.24. The number of nitrogens with one attached hydrogen (secondary N) is 1. The Hall–Kier alpha value is -1.52. The van der Waals surface area contributed by atoms with Crippen molar-refractivity contribution >= 4 is 11.6 Å². The normalized spacial score (nSPS) is 15.4. The molecule has 0 bridgehead atoms. The summed E-state index contributed by atoms with van der Waals surface area (Å²) < 4.78 is 7.24. The van der Waals surface area contributed by atoms with E-state index in [-0.39, 0.29) is 0 Å². The Morgan fingerprint density at radius 1 is 1.44 bits per heavy atom. The van der Waals surface area contributed by atoms with Crippen LogP contribution in [-0.4, -0.2) is 29.8 Å². The lowest BCUT2D eigenvalue weighted by Crippen LogP contribution is -2.40. The number of hydrogen-bond acceptors (Lipinski definition) is 3. The molecule has 1 N–H and O–H groups in total. The van der Waals surface area contributed by atoms with Crippen LogP contribution in [0.25, 0.3) is 5.69 Å². The number of imidazole rings is 1. The summed E-state index contributed by atoms with van der Waals surface area (Å²) in [4.78, 5) is 4.23. The second-order valence-electron chi connectivity index (χ2n) is 4.36. The van der Waals surface area contributed by atoms with E-state index in [4.69, 9.17) is 16.3 Å². The Kier molecular flexibility index (Phi) is 2.97. The standard InChI is InChI=1S/C13H14ClN3O/c1-18-13-3-2-10(4-11(13)14)17-8-16-7-12(17)9-5-15-6-9/h2-4,7-9,15H,5-6H2,1H3. The summed E-state index contributed by atoms with van der Waals surface area (Å²) in [7, 11) is 1.61. The van der Waals surface area contributed by atoms with Crippen molar-refractivity contribution < 1.29 is 4.74 Å². The molecular formula is C13H14ClN3O. The van der Waals surface area contributed by atoms with Gasteiger partial charge in [0.2, 0.25) is 0 Å². The first kappa shape index (κ1) is 11.6. The van der Waals surface area contributed by atoms with Crippen molar-refractivity contribution in [3.05, 3.63) is 41.4 Å². The minimum Gasteiger partial charge on any atom is -0.495 e. The van der Waals surface area contributed by atoms with E-state index in [1.54, 1.807) is 7.11 Å². The zero-order chi connectivity index (χ0) is 12.5. The topological polar surface area (TPSA) is 39.1 Å². The van der Waals surface area contributed by atoms with Crippen molar-refractivity contribution in [1.82, 2.24) is 14.9 Å². The molecule has 0 aliphatic carbocycles. The van der Waals surface area contributed by atoms with Crippen LogP contribution in [0.15, 0.2) is 30.7 Å². The second-order valence-corrected chi connectivity index (χ2v) is 4.77. The number of benzene rings is 1. The van der Waals surface area contributed by atoms with Gasteiger partial charge in [-0.3, -0.25) is 0 Å². The fourth-order valence-electron chi connectivity index (χ4n) is 2.13. The van der Waals surface area contributed by atoms with E-state index < -0.39 is 0 Å². The Morgan fingerprint density at radius 2 is 2.28 bits per heavy atom. The van der Waals surface area contributed by atoms with E-state index in [1.165, 1.54) is 5.69 Å². The SMILES string of the molecule is COc1ccc(-n2cncc2C2CNC2)cc1Cl. The van der Waals surface area contributed by atoms with Crippen molar-refractivity contribution in [2.75, 3.05) is 20.2 Å². The van der Waals surface area contributed by atoms with Gasteiger partial charge in [-0.15, -0.1) is 0 Å². The largest absolute Gasteiger partial charge is 0.495 e. The lowest BCUT2D eigenvalue weighted by Gasteiger charge is -2.27. The minimum absolute atomic E-state index is 0.536. The lowest BCUT2D eigenvalue weighted by atomic mass is 10.00. The van der Waals surface area contributed by atoms with E-state index >= 15 is 0 Å². The number of nitrogens with zero attached hydrogens (tertiary/aromatic N) is 2. The molecule has 5 heteroatoms. The van der Waals surface area contributed by atoms with Crippen molar-refractivity contribution in [2.45, 2.75) is 5.92 Å². The monoisotopic (exact) mass is 263 g/mol.